The molecule has 23 heavy (non-hydrogen) atoms. The Morgan fingerprint density at radius 2 is 2.00 bits per heavy atom. The van der Waals surface area contributed by atoms with Crippen molar-refractivity contribution >= 4 is 23.4 Å². The maximum absolute atomic E-state index is 11.6. The summed E-state index contributed by atoms with van der Waals surface area (Å²) in [4.78, 5) is 13.4. The Labute approximate surface area is 143 Å². The zero-order valence-electron chi connectivity index (χ0n) is 13.6. The van der Waals surface area contributed by atoms with E-state index in [0.29, 0.717) is 30.9 Å². The van der Waals surface area contributed by atoms with Gasteiger partial charge in [-0.15, -0.1) is 0 Å². The van der Waals surface area contributed by atoms with Crippen molar-refractivity contribution in [3.8, 4) is 0 Å². The maximum Gasteiger partial charge on any atom is 0.409 e. The maximum atomic E-state index is 11.6. The van der Waals surface area contributed by atoms with Gasteiger partial charge < -0.3 is 20.3 Å². The Morgan fingerprint density at radius 3 is 2.65 bits per heavy atom. The van der Waals surface area contributed by atoms with Gasteiger partial charge in [-0.1, -0.05) is 30.3 Å². The van der Waals surface area contributed by atoms with Crippen molar-refractivity contribution in [2.75, 3.05) is 26.2 Å². The minimum absolute atomic E-state index is 0.213. The second-order valence-corrected chi connectivity index (χ2v) is 6.00. The van der Waals surface area contributed by atoms with Gasteiger partial charge in [-0.25, -0.2) is 4.79 Å². The lowest BCUT2D eigenvalue weighted by atomic mass is 10.1. The normalized spacial score (nSPS) is 15.1. The van der Waals surface area contributed by atoms with E-state index in [1.54, 1.807) is 4.90 Å². The number of amides is 1. The summed E-state index contributed by atoms with van der Waals surface area (Å²) in [7, 11) is 0. The Balaban J connectivity index is 1.62. The highest BCUT2D eigenvalue weighted by Crippen LogP contribution is 2.11. The highest BCUT2D eigenvalue weighted by atomic mass is 32.1. The molecule has 0 aromatic heterocycles. The molecule has 1 aromatic rings. The van der Waals surface area contributed by atoms with Gasteiger partial charge in [0, 0.05) is 25.7 Å². The van der Waals surface area contributed by atoms with Crippen LogP contribution in [0.1, 0.15) is 25.3 Å². The summed E-state index contributed by atoms with van der Waals surface area (Å²) in [6.45, 7) is 4.49. The molecule has 1 aromatic carbocycles. The molecule has 1 aliphatic rings. The Morgan fingerprint density at radius 1 is 1.30 bits per heavy atom. The zero-order chi connectivity index (χ0) is 16.5. The molecule has 0 atom stereocenters. The molecule has 0 bridgehead atoms. The van der Waals surface area contributed by atoms with Crippen molar-refractivity contribution in [3.63, 3.8) is 0 Å². The number of nitrogens with one attached hydrogen (secondary N) is 2. The lowest BCUT2D eigenvalue weighted by molar-refractivity contribution is 0.0963. The molecule has 126 valence electrons. The minimum Gasteiger partial charge on any atom is -0.450 e. The van der Waals surface area contributed by atoms with Crippen molar-refractivity contribution in [2.24, 2.45) is 0 Å². The number of piperidine rings is 1. The number of hydrogen-bond donors (Lipinski definition) is 2. The van der Waals surface area contributed by atoms with Crippen LogP contribution in [0.25, 0.3) is 0 Å². The topological polar surface area (TPSA) is 53.6 Å². The summed E-state index contributed by atoms with van der Waals surface area (Å²) in [6, 6.07) is 10.7. The molecule has 0 aliphatic carbocycles. The van der Waals surface area contributed by atoms with Gasteiger partial charge in [-0.2, -0.15) is 0 Å². The molecular formula is C17H25N3O2S. The second kappa shape index (κ2) is 9.35. The van der Waals surface area contributed by atoms with Gasteiger partial charge in [0.1, 0.15) is 0 Å². The summed E-state index contributed by atoms with van der Waals surface area (Å²) in [5.41, 5.74) is 1.30. The van der Waals surface area contributed by atoms with E-state index in [9.17, 15) is 4.79 Å². The highest BCUT2D eigenvalue weighted by molar-refractivity contribution is 7.80. The van der Waals surface area contributed by atoms with Crippen LogP contribution >= 0.6 is 12.2 Å². The van der Waals surface area contributed by atoms with Crippen LogP contribution in [0.5, 0.6) is 0 Å². The number of rotatable bonds is 5. The molecule has 1 amide bonds. The van der Waals surface area contributed by atoms with Gasteiger partial charge in [-0.3, -0.25) is 0 Å². The van der Waals surface area contributed by atoms with Crippen molar-refractivity contribution in [3.05, 3.63) is 35.9 Å². The molecular weight excluding hydrogens is 310 g/mol. The molecule has 2 N–H and O–H groups in total. The predicted molar refractivity (Wildman–Crippen MR) is 95.5 cm³/mol. The summed E-state index contributed by atoms with van der Waals surface area (Å²) >= 11 is 5.35. The highest BCUT2D eigenvalue weighted by Gasteiger charge is 2.23. The summed E-state index contributed by atoms with van der Waals surface area (Å²) in [5.74, 6) is 0. The third kappa shape index (κ3) is 6.06. The Bertz CT molecular complexity index is 502. The van der Waals surface area contributed by atoms with Crippen LogP contribution in [0.2, 0.25) is 0 Å². The molecule has 2 rings (SSSR count). The number of carbonyl (C=O) groups excluding carboxylic acids is 1. The van der Waals surface area contributed by atoms with Crippen LogP contribution in [0.4, 0.5) is 4.79 Å². The molecule has 5 nitrogen and oxygen atoms in total. The van der Waals surface area contributed by atoms with Crippen molar-refractivity contribution in [1.82, 2.24) is 15.5 Å². The van der Waals surface area contributed by atoms with E-state index in [-0.39, 0.29) is 6.09 Å². The molecule has 0 radical (unpaired) electrons. The first-order valence-corrected chi connectivity index (χ1v) is 8.60. The van der Waals surface area contributed by atoms with Gasteiger partial charge in [0.05, 0.1) is 6.61 Å². The van der Waals surface area contributed by atoms with Crippen molar-refractivity contribution < 1.29 is 9.53 Å². The lowest BCUT2D eigenvalue weighted by Crippen LogP contribution is -2.49. The molecule has 1 saturated heterocycles. The quantitative estimate of drug-likeness (QED) is 0.809. The van der Waals surface area contributed by atoms with Crippen molar-refractivity contribution in [2.45, 2.75) is 32.2 Å². The van der Waals surface area contributed by atoms with Crippen LogP contribution in [0.3, 0.4) is 0 Å². The summed E-state index contributed by atoms with van der Waals surface area (Å²) in [6.07, 6.45) is 2.51. The standard InChI is InChI=1S/C17H25N3O2S/c1-2-22-17(21)20-12-9-15(10-13-20)19-16(23)18-11-8-14-6-4-3-5-7-14/h3-7,15H,2,8-13H2,1H3,(H2,18,19,23). The van der Waals surface area contributed by atoms with E-state index in [0.717, 1.165) is 25.8 Å². The fourth-order valence-electron chi connectivity index (χ4n) is 2.62. The molecule has 1 aliphatic heterocycles. The van der Waals surface area contributed by atoms with Crippen LogP contribution in [-0.4, -0.2) is 48.4 Å². The fraction of sp³-hybridized carbons (Fsp3) is 0.529. The Kier molecular flexibility index (Phi) is 7.13. The molecule has 6 heteroatoms. The summed E-state index contributed by atoms with van der Waals surface area (Å²) < 4.78 is 5.02. The van der Waals surface area contributed by atoms with Gasteiger partial charge in [-0.05, 0) is 44.0 Å². The summed E-state index contributed by atoms with van der Waals surface area (Å²) in [5, 5.41) is 7.28. The van der Waals surface area contributed by atoms with E-state index >= 15 is 0 Å². The van der Waals surface area contributed by atoms with Gasteiger partial charge >= 0.3 is 6.09 Å². The molecule has 1 fully saturated rings. The van der Waals surface area contributed by atoms with Crippen LogP contribution in [0.15, 0.2) is 30.3 Å². The molecule has 0 unspecified atom stereocenters. The first-order valence-electron chi connectivity index (χ1n) is 8.19. The van der Waals surface area contributed by atoms with E-state index in [1.165, 1.54) is 5.56 Å². The average molecular weight is 335 g/mol. The predicted octanol–water partition coefficient (Wildman–Crippen LogP) is 2.31. The van der Waals surface area contributed by atoms with Crippen LogP contribution in [-0.2, 0) is 11.2 Å². The first-order chi connectivity index (χ1) is 11.2. The molecule has 1 heterocycles. The largest absolute Gasteiger partial charge is 0.450 e. The average Bonchev–Trinajstić information content (AvgIpc) is 2.57. The number of benzene rings is 1. The smallest absolute Gasteiger partial charge is 0.409 e. The van der Waals surface area contributed by atoms with Crippen LogP contribution < -0.4 is 10.6 Å². The number of ether oxygens (including phenoxy) is 1. The number of thiocarbonyl (C=S) groups is 1. The lowest BCUT2D eigenvalue weighted by Gasteiger charge is -2.32. The number of carbonyl (C=O) groups is 1. The number of likely N-dealkylation sites (tertiary alicyclic amines) is 1. The zero-order valence-corrected chi connectivity index (χ0v) is 14.4. The fourth-order valence-corrected chi connectivity index (χ4v) is 2.89. The third-order valence-electron chi connectivity index (χ3n) is 3.90. The van der Waals surface area contributed by atoms with Gasteiger partial charge in [0.25, 0.3) is 0 Å². The van der Waals surface area contributed by atoms with Crippen molar-refractivity contribution in [1.29, 1.82) is 0 Å². The van der Waals surface area contributed by atoms with E-state index in [1.807, 2.05) is 25.1 Å². The first kappa shape index (κ1) is 17.5. The number of nitrogens with zero attached hydrogens (tertiary/aromatic N) is 1. The number of hydrogen-bond acceptors (Lipinski definition) is 3. The molecule has 0 saturated carbocycles. The third-order valence-corrected chi connectivity index (χ3v) is 4.16. The minimum atomic E-state index is -0.213. The van der Waals surface area contributed by atoms with E-state index < -0.39 is 0 Å². The van der Waals surface area contributed by atoms with E-state index in [2.05, 4.69) is 22.8 Å². The van der Waals surface area contributed by atoms with Crippen LogP contribution in [0, 0.1) is 0 Å². The molecule has 0 spiro atoms. The van der Waals surface area contributed by atoms with Gasteiger partial charge in [0.15, 0.2) is 5.11 Å². The SMILES string of the molecule is CCOC(=O)N1CCC(NC(=S)NCCc2ccccc2)CC1. The second-order valence-electron chi connectivity index (χ2n) is 5.60. The van der Waals surface area contributed by atoms with E-state index in [4.69, 9.17) is 17.0 Å². The Hall–Kier alpha value is -1.82. The monoisotopic (exact) mass is 335 g/mol. The van der Waals surface area contributed by atoms with Gasteiger partial charge in [0.2, 0.25) is 0 Å².